The number of hydrogen-bond donors (Lipinski definition) is 5. The molecule has 26 heteroatoms. The van der Waals surface area contributed by atoms with E-state index in [2.05, 4.69) is 26.2 Å². The molecule has 0 spiro atoms. The fraction of sp³-hybridized carbons (Fsp3) is 0.819. The SMILES string of the molecule is C/C=C/C[C@@H](C)[C@@H](O)[C@H]1C(=O)N[C@H](CCC)C(=O)N(C)[C@H](SCCCN(CC)CC)C(=O)N(C)[C@@H](CC(C)(C)OC)C(=O)N[C@H](C(C)C)C(=O)N(C)[C@H](CCC(C)C)C(=O)N[C@H](C)C(=O)N[C@@H](C)C(=O)N(C)[C@@H](CC(C)C)C(=O)N(C)[C@H](CC(C)C)C(=O)N(C)[C@H](C(C)C)C(=O)N1C. The molecule has 0 aliphatic carbocycles. The summed E-state index contributed by atoms with van der Waals surface area (Å²) in [5, 5.41) is 22.4. The first-order valence-corrected chi connectivity index (χ1v) is 36.8. The molecule has 0 bridgehead atoms. The van der Waals surface area contributed by atoms with Crippen LogP contribution in [0.2, 0.25) is 0 Å². The molecule has 0 unspecified atom stereocenters. The van der Waals surface area contributed by atoms with E-state index in [-0.39, 0.29) is 49.9 Å². The summed E-state index contributed by atoms with van der Waals surface area (Å²) < 4.78 is 5.87. The van der Waals surface area contributed by atoms with Crippen molar-refractivity contribution in [1.29, 1.82) is 0 Å². The van der Waals surface area contributed by atoms with Crippen LogP contribution >= 0.6 is 11.8 Å². The lowest BCUT2D eigenvalue weighted by atomic mass is 9.91. The number of carbonyl (C=O) groups excluding carboxylic acids is 11. The van der Waals surface area contributed by atoms with Crippen molar-refractivity contribution in [1.82, 2.24) is 60.5 Å². The highest BCUT2D eigenvalue weighted by Crippen LogP contribution is 2.29. The Bertz CT molecular complexity index is 2640. The molecule has 13 atom stereocenters. The van der Waals surface area contributed by atoms with Crippen molar-refractivity contribution in [2.45, 2.75) is 267 Å². The molecular formula is C72H132N12O13S. The molecule has 25 nitrogen and oxygen atoms in total. The predicted octanol–water partition coefficient (Wildman–Crippen LogP) is 5.61. The summed E-state index contributed by atoms with van der Waals surface area (Å²) in [7, 11) is 11.6. The van der Waals surface area contributed by atoms with E-state index in [4.69, 9.17) is 4.74 Å². The zero-order valence-corrected chi connectivity index (χ0v) is 65.9. The average molecular weight is 1410 g/mol. The van der Waals surface area contributed by atoms with Crippen molar-refractivity contribution < 1.29 is 62.6 Å². The van der Waals surface area contributed by atoms with Crippen LogP contribution in [-0.4, -0.2) is 269 Å². The Morgan fingerprint density at radius 2 is 1.03 bits per heavy atom. The van der Waals surface area contributed by atoms with Crippen LogP contribution in [0.3, 0.4) is 0 Å². The Morgan fingerprint density at radius 1 is 0.541 bits per heavy atom. The molecule has 5 N–H and O–H groups in total. The van der Waals surface area contributed by atoms with Crippen molar-refractivity contribution in [3.05, 3.63) is 12.2 Å². The van der Waals surface area contributed by atoms with E-state index >= 15 is 38.4 Å². The third kappa shape index (κ3) is 26.3. The van der Waals surface area contributed by atoms with Crippen LogP contribution in [0.25, 0.3) is 0 Å². The highest BCUT2D eigenvalue weighted by atomic mass is 32.2. The standard InChI is InChI=1S/C72H132N12O13S/c1-28-32-35-48(15)59(85)58-63(89)75-51(34-29-2)65(91)83(26)71(98-39-33-38-84(30-3)31-4)70(96)80(23)55(42-72(18,19)97-27)62(88)76-56(46(11)12)68(94)77(20)52(37-36-43(5)6)61(87)73-49(16)60(86)74-50(17)64(90)78(21)53(40-44(7)8)66(92)79(22)54(41-45(9)10)67(93)81(24)57(47(13)14)69(95)82(58)25/h28,32,43-59,71,85H,29-31,33-42H2,1-27H3,(H,73,87)(H,74,86)(H,75,89)(H,76,88)/b32-28+/t48-,49-,50+,51-,52-,53+,54-,55+,56-,57-,58+,59-,71-/m1/s1. The second-order valence-corrected chi connectivity index (χ2v) is 30.8. The Kier molecular flexibility index (Phi) is 39.0. The molecule has 1 aliphatic heterocycles. The number of ether oxygens (including phenoxy) is 1. The fourth-order valence-corrected chi connectivity index (χ4v) is 13.4. The molecule has 1 aliphatic rings. The molecular weight excluding hydrogens is 1270 g/mol. The summed E-state index contributed by atoms with van der Waals surface area (Å²) in [5.74, 6) is -9.23. The molecule has 1 fully saturated rings. The summed E-state index contributed by atoms with van der Waals surface area (Å²) in [6, 6.07) is -12.8. The van der Waals surface area contributed by atoms with Gasteiger partial charge in [0.1, 0.15) is 60.4 Å². The van der Waals surface area contributed by atoms with E-state index < -0.39 is 160 Å². The Balaban J connectivity index is 4.67. The van der Waals surface area contributed by atoms with E-state index in [9.17, 15) is 19.5 Å². The fourth-order valence-electron chi connectivity index (χ4n) is 12.3. The van der Waals surface area contributed by atoms with E-state index in [0.717, 1.165) is 18.0 Å². The lowest BCUT2D eigenvalue weighted by Gasteiger charge is -2.41. The molecule has 1 rings (SSSR count). The summed E-state index contributed by atoms with van der Waals surface area (Å²) in [6.07, 6.45) is 4.25. The number of methoxy groups -OCH3 is 1. The minimum absolute atomic E-state index is 0.0589. The van der Waals surface area contributed by atoms with Crippen molar-refractivity contribution in [2.24, 2.45) is 35.5 Å². The topological polar surface area (TPSA) is 291 Å². The number of likely N-dealkylation sites (N-methyl/N-ethyl adjacent to an activating group) is 7. The van der Waals surface area contributed by atoms with Gasteiger partial charge < -0.3 is 70.3 Å². The third-order valence-corrected chi connectivity index (χ3v) is 20.4. The largest absolute Gasteiger partial charge is 0.390 e. The zero-order valence-electron chi connectivity index (χ0n) is 65.1. The van der Waals surface area contributed by atoms with Crippen LogP contribution < -0.4 is 21.3 Å². The molecule has 0 aromatic rings. The van der Waals surface area contributed by atoms with Gasteiger partial charge in [-0.2, -0.15) is 0 Å². The smallest absolute Gasteiger partial charge is 0.256 e. The van der Waals surface area contributed by atoms with E-state index in [1.54, 1.807) is 54.5 Å². The Morgan fingerprint density at radius 3 is 1.51 bits per heavy atom. The van der Waals surface area contributed by atoms with Crippen molar-refractivity contribution in [3.63, 3.8) is 0 Å². The van der Waals surface area contributed by atoms with Gasteiger partial charge in [-0.05, 0) is 140 Å². The highest BCUT2D eigenvalue weighted by molar-refractivity contribution is 8.00. The van der Waals surface area contributed by atoms with Crippen molar-refractivity contribution >= 4 is 76.7 Å². The maximum absolute atomic E-state index is 15.6. The first-order valence-electron chi connectivity index (χ1n) is 35.7. The van der Waals surface area contributed by atoms with Gasteiger partial charge in [-0.25, -0.2) is 0 Å². The molecule has 0 saturated carbocycles. The molecule has 0 aromatic heterocycles. The number of amides is 11. The minimum atomic E-state index is -1.65. The summed E-state index contributed by atoms with van der Waals surface area (Å²) in [5.41, 5.74) is -1.05. The molecule has 0 aromatic carbocycles. The number of allylic oxidation sites excluding steroid dienone is 2. The third-order valence-electron chi connectivity index (χ3n) is 19.0. The lowest BCUT2D eigenvalue weighted by molar-refractivity contribution is -0.157. The van der Waals surface area contributed by atoms with Gasteiger partial charge in [-0.3, -0.25) is 52.7 Å². The molecule has 0 radical (unpaired) electrons. The maximum Gasteiger partial charge on any atom is 0.256 e. The van der Waals surface area contributed by atoms with E-state index in [1.165, 1.54) is 111 Å². The van der Waals surface area contributed by atoms with Gasteiger partial charge in [0.25, 0.3) is 5.91 Å². The zero-order chi connectivity index (χ0) is 75.7. The van der Waals surface area contributed by atoms with Crippen LogP contribution in [0.5, 0.6) is 0 Å². The quantitative estimate of drug-likeness (QED) is 0.0549. The average Bonchev–Trinajstić information content (AvgIpc) is 0.805. The summed E-state index contributed by atoms with van der Waals surface area (Å²) >= 11 is 1.19. The number of nitrogens with zero attached hydrogens (tertiary/aromatic N) is 8. The minimum Gasteiger partial charge on any atom is -0.390 e. The number of carbonyl (C=O) groups is 11. The van der Waals surface area contributed by atoms with Gasteiger partial charge >= 0.3 is 0 Å². The normalized spacial score (nSPS) is 25.9. The molecule has 564 valence electrons. The molecule has 1 heterocycles. The molecule has 11 amide bonds. The maximum atomic E-state index is 15.6. The number of aliphatic hydroxyl groups is 1. The number of rotatable bonds is 25. The second kappa shape index (κ2) is 42.4. The summed E-state index contributed by atoms with van der Waals surface area (Å²) in [4.78, 5) is 177. The van der Waals surface area contributed by atoms with Gasteiger partial charge in [0.05, 0.1) is 11.7 Å². The van der Waals surface area contributed by atoms with Gasteiger partial charge in [0.15, 0.2) is 5.37 Å². The van der Waals surface area contributed by atoms with Gasteiger partial charge in [-0.1, -0.05) is 116 Å². The van der Waals surface area contributed by atoms with Gasteiger partial charge in [-0.15, -0.1) is 11.8 Å². The Labute approximate surface area is 593 Å². The van der Waals surface area contributed by atoms with E-state index in [1.807, 2.05) is 75.3 Å². The van der Waals surface area contributed by atoms with Crippen molar-refractivity contribution in [2.75, 3.05) is 81.8 Å². The van der Waals surface area contributed by atoms with Gasteiger partial charge in [0.2, 0.25) is 59.1 Å². The second-order valence-electron chi connectivity index (χ2n) is 29.7. The Hall–Kier alpha value is -5.86. The summed E-state index contributed by atoms with van der Waals surface area (Å²) in [6.45, 7) is 36.5. The van der Waals surface area contributed by atoms with Crippen LogP contribution in [-0.2, 0) is 57.5 Å². The molecule has 1 saturated heterocycles. The number of hydrogen-bond acceptors (Lipinski definition) is 15. The van der Waals surface area contributed by atoms with Gasteiger partial charge in [0, 0.05) is 62.9 Å². The highest BCUT2D eigenvalue weighted by Gasteiger charge is 2.47. The van der Waals surface area contributed by atoms with E-state index in [0.29, 0.717) is 38.0 Å². The monoisotopic (exact) mass is 1400 g/mol. The number of nitrogens with one attached hydrogen (secondary N) is 4. The number of thioether (sulfide) groups is 1. The number of aliphatic hydroxyl groups excluding tert-OH is 1. The van der Waals surface area contributed by atoms with Crippen LogP contribution in [0.4, 0.5) is 0 Å². The van der Waals surface area contributed by atoms with Crippen LogP contribution in [0, 0.1) is 35.5 Å². The van der Waals surface area contributed by atoms with Crippen LogP contribution in [0.15, 0.2) is 12.2 Å². The molecule has 98 heavy (non-hydrogen) atoms. The van der Waals surface area contributed by atoms with Crippen LogP contribution in [0.1, 0.15) is 189 Å². The first-order chi connectivity index (χ1) is 45.5. The lowest BCUT2D eigenvalue weighted by Crippen LogP contribution is -2.64. The first kappa shape index (κ1) is 90.2. The van der Waals surface area contributed by atoms with Crippen molar-refractivity contribution in [3.8, 4) is 0 Å². The predicted molar refractivity (Wildman–Crippen MR) is 388 cm³/mol.